The fraction of sp³-hybridized carbons (Fsp3) is 0.125. The number of esters is 1. The minimum Gasteiger partial charge on any atom is -0.457 e. The summed E-state index contributed by atoms with van der Waals surface area (Å²) >= 11 is 0. The molecule has 4 heteroatoms. The second-order valence-electron chi connectivity index (χ2n) is 4.17. The van der Waals surface area contributed by atoms with Crippen LogP contribution in [0.25, 0.3) is 0 Å². The van der Waals surface area contributed by atoms with Crippen molar-refractivity contribution >= 4 is 12.0 Å². The average molecular weight is 267 g/mol. The Hall–Kier alpha value is -2.71. The first-order valence-electron chi connectivity index (χ1n) is 6.13. The van der Waals surface area contributed by atoms with Crippen LogP contribution in [0.15, 0.2) is 59.6 Å². The Morgan fingerprint density at radius 2 is 1.70 bits per heavy atom. The second kappa shape index (κ2) is 7.02. The third-order valence-electron chi connectivity index (χ3n) is 2.73. The maximum Gasteiger partial charge on any atom is 0.338 e. The van der Waals surface area contributed by atoms with E-state index in [2.05, 4.69) is 4.99 Å². The first kappa shape index (κ1) is 13.7. The van der Waals surface area contributed by atoms with Gasteiger partial charge < -0.3 is 4.74 Å². The molecule has 0 aliphatic carbocycles. The van der Waals surface area contributed by atoms with E-state index in [1.54, 1.807) is 24.3 Å². The first-order valence-corrected chi connectivity index (χ1v) is 6.13. The molecule has 0 aromatic heterocycles. The van der Waals surface area contributed by atoms with Gasteiger partial charge in [0.2, 0.25) is 6.08 Å². The van der Waals surface area contributed by atoms with Crippen LogP contribution in [0.1, 0.15) is 21.5 Å². The Balaban J connectivity index is 1.94. The third-order valence-corrected chi connectivity index (χ3v) is 2.73. The lowest BCUT2D eigenvalue weighted by Crippen LogP contribution is -2.05. The number of carbonyl (C=O) groups is 1. The largest absolute Gasteiger partial charge is 0.457 e. The molecule has 0 saturated heterocycles. The number of isocyanates is 1. The van der Waals surface area contributed by atoms with Crippen LogP contribution >= 0.6 is 0 Å². The summed E-state index contributed by atoms with van der Waals surface area (Å²) in [7, 11) is 0. The van der Waals surface area contributed by atoms with Gasteiger partial charge in [0.05, 0.1) is 12.1 Å². The van der Waals surface area contributed by atoms with Crippen molar-refractivity contribution in [3.8, 4) is 0 Å². The van der Waals surface area contributed by atoms with Gasteiger partial charge in [-0.3, -0.25) is 0 Å². The van der Waals surface area contributed by atoms with Crippen molar-refractivity contribution in [2.45, 2.75) is 13.2 Å². The fourth-order valence-corrected chi connectivity index (χ4v) is 1.68. The predicted octanol–water partition coefficient (Wildman–Crippen LogP) is 2.88. The molecule has 0 amide bonds. The van der Waals surface area contributed by atoms with Crippen LogP contribution in [0.4, 0.5) is 0 Å². The molecule has 0 N–H and O–H groups in total. The molecule has 20 heavy (non-hydrogen) atoms. The molecule has 2 aromatic carbocycles. The molecule has 0 aliphatic heterocycles. The molecule has 0 radical (unpaired) electrons. The summed E-state index contributed by atoms with van der Waals surface area (Å²) in [6, 6.07) is 16.3. The zero-order valence-corrected chi connectivity index (χ0v) is 10.8. The Kier molecular flexibility index (Phi) is 4.81. The van der Waals surface area contributed by atoms with Crippen molar-refractivity contribution in [2.24, 2.45) is 4.99 Å². The van der Waals surface area contributed by atoms with E-state index in [1.165, 1.54) is 6.08 Å². The van der Waals surface area contributed by atoms with E-state index in [9.17, 15) is 9.59 Å². The van der Waals surface area contributed by atoms with Gasteiger partial charge in [0.15, 0.2) is 0 Å². The molecule has 0 unspecified atom stereocenters. The van der Waals surface area contributed by atoms with Crippen molar-refractivity contribution in [2.75, 3.05) is 0 Å². The Bertz CT molecular complexity index is 614. The molecule has 0 spiro atoms. The number of aliphatic imine (C=N–C) groups is 1. The number of hydrogen-bond acceptors (Lipinski definition) is 4. The SMILES string of the molecule is O=C=NCc1ccc(C(=O)OCc2ccccc2)cc1. The highest BCUT2D eigenvalue weighted by Crippen LogP contribution is 2.09. The Labute approximate surface area is 116 Å². The molecular formula is C16H13NO3. The maximum atomic E-state index is 11.8. The van der Waals surface area contributed by atoms with Gasteiger partial charge in [0.25, 0.3) is 0 Å². The van der Waals surface area contributed by atoms with E-state index in [4.69, 9.17) is 4.74 Å². The van der Waals surface area contributed by atoms with E-state index in [0.717, 1.165) is 11.1 Å². The first-order chi connectivity index (χ1) is 9.79. The van der Waals surface area contributed by atoms with Crippen LogP contribution in [0.3, 0.4) is 0 Å². The molecule has 0 aliphatic rings. The summed E-state index contributed by atoms with van der Waals surface area (Å²) in [6.07, 6.45) is 1.48. The molecule has 4 nitrogen and oxygen atoms in total. The lowest BCUT2D eigenvalue weighted by Gasteiger charge is -2.05. The highest BCUT2D eigenvalue weighted by Gasteiger charge is 2.07. The summed E-state index contributed by atoms with van der Waals surface area (Å²) in [4.78, 5) is 25.3. The van der Waals surface area contributed by atoms with Gasteiger partial charge in [-0.1, -0.05) is 42.5 Å². The second-order valence-corrected chi connectivity index (χ2v) is 4.17. The molecule has 2 rings (SSSR count). The normalized spacial score (nSPS) is 9.60. The summed E-state index contributed by atoms with van der Waals surface area (Å²) in [5.41, 5.74) is 2.26. The maximum absolute atomic E-state index is 11.8. The van der Waals surface area contributed by atoms with Gasteiger partial charge in [-0.25, -0.2) is 14.6 Å². The number of rotatable bonds is 5. The van der Waals surface area contributed by atoms with E-state index in [1.807, 2.05) is 30.3 Å². The molecule has 0 bridgehead atoms. The Morgan fingerprint density at radius 1 is 1.00 bits per heavy atom. The van der Waals surface area contributed by atoms with Gasteiger partial charge in [-0.05, 0) is 23.3 Å². The fourth-order valence-electron chi connectivity index (χ4n) is 1.68. The van der Waals surface area contributed by atoms with Crippen molar-refractivity contribution < 1.29 is 14.3 Å². The van der Waals surface area contributed by atoms with E-state index in [0.29, 0.717) is 5.56 Å². The van der Waals surface area contributed by atoms with Crippen LogP contribution < -0.4 is 0 Å². The van der Waals surface area contributed by atoms with Crippen LogP contribution in [0.2, 0.25) is 0 Å². The average Bonchev–Trinajstić information content (AvgIpc) is 2.52. The number of hydrogen-bond donors (Lipinski definition) is 0. The van der Waals surface area contributed by atoms with E-state index >= 15 is 0 Å². The van der Waals surface area contributed by atoms with Crippen LogP contribution in [-0.2, 0) is 22.7 Å². The topological polar surface area (TPSA) is 55.7 Å². The lowest BCUT2D eigenvalue weighted by molar-refractivity contribution is 0.0472. The van der Waals surface area contributed by atoms with Gasteiger partial charge in [0, 0.05) is 0 Å². The Morgan fingerprint density at radius 3 is 2.35 bits per heavy atom. The minimum absolute atomic E-state index is 0.247. The molecular weight excluding hydrogens is 254 g/mol. The van der Waals surface area contributed by atoms with Gasteiger partial charge in [-0.15, -0.1) is 0 Å². The quantitative estimate of drug-likeness (QED) is 0.475. The number of nitrogens with zero attached hydrogens (tertiary/aromatic N) is 1. The standard InChI is InChI=1S/C16H13NO3/c18-12-17-10-13-6-8-15(9-7-13)16(19)20-11-14-4-2-1-3-5-14/h1-9H,10-11H2. The number of carbonyl (C=O) groups excluding carboxylic acids is 2. The van der Waals surface area contributed by atoms with Gasteiger partial charge in [0.1, 0.15) is 6.61 Å². The minimum atomic E-state index is -0.376. The molecule has 0 atom stereocenters. The van der Waals surface area contributed by atoms with Crippen molar-refractivity contribution in [3.63, 3.8) is 0 Å². The smallest absolute Gasteiger partial charge is 0.338 e. The van der Waals surface area contributed by atoms with Crippen LogP contribution in [-0.4, -0.2) is 12.0 Å². The zero-order chi connectivity index (χ0) is 14.2. The lowest BCUT2D eigenvalue weighted by atomic mass is 10.1. The summed E-state index contributed by atoms with van der Waals surface area (Å²) < 4.78 is 5.21. The molecule has 0 saturated carbocycles. The molecule has 2 aromatic rings. The number of ether oxygens (including phenoxy) is 1. The molecule has 100 valence electrons. The van der Waals surface area contributed by atoms with Crippen LogP contribution in [0, 0.1) is 0 Å². The van der Waals surface area contributed by atoms with Crippen molar-refractivity contribution in [3.05, 3.63) is 71.3 Å². The van der Waals surface area contributed by atoms with Crippen molar-refractivity contribution in [1.29, 1.82) is 0 Å². The zero-order valence-electron chi connectivity index (χ0n) is 10.8. The highest BCUT2D eigenvalue weighted by atomic mass is 16.5. The third kappa shape index (κ3) is 3.90. The van der Waals surface area contributed by atoms with Gasteiger partial charge >= 0.3 is 5.97 Å². The van der Waals surface area contributed by atoms with Crippen molar-refractivity contribution in [1.82, 2.24) is 0 Å². The molecule has 0 fully saturated rings. The summed E-state index contributed by atoms with van der Waals surface area (Å²) in [6.45, 7) is 0.514. The number of benzene rings is 2. The predicted molar refractivity (Wildman–Crippen MR) is 73.8 cm³/mol. The van der Waals surface area contributed by atoms with E-state index < -0.39 is 0 Å². The van der Waals surface area contributed by atoms with Gasteiger partial charge in [-0.2, -0.15) is 0 Å². The van der Waals surface area contributed by atoms with E-state index in [-0.39, 0.29) is 19.1 Å². The monoisotopic (exact) mass is 267 g/mol. The highest BCUT2D eigenvalue weighted by molar-refractivity contribution is 5.89. The molecule has 0 heterocycles. The summed E-state index contributed by atoms with van der Waals surface area (Å²) in [5, 5.41) is 0. The van der Waals surface area contributed by atoms with Crippen LogP contribution in [0.5, 0.6) is 0 Å². The summed E-state index contributed by atoms with van der Waals surface area (Å²) in [5.74, 6) is -0.376.